The van der Waals surface area contributed by atoms with Gasteiger partial charge in [-0.05, 0) is 73.9 Å². The highest BCUT2D eigenvalue weighted by Crippen LogP contribution is 2.56. The molecule has 0 spiro atoms. The molecule has 5 rings (SSSR count). The maximum atomic E-state index is 12.9. The number of hydrogen-bond donors (Lipinski definition) is 0. The van der Waals surface area contributed by atoms with Crippen molar-refractivity contribution < 1.29 is 19.1 Å². The topological polar surface area (TPSA) is 63.7 Å². The molecular formula is C23H21NO4. The largest absolute Gasteiger partial charge is 0.423 e. The molecule has 1 aliphatic heterocycles. The van der Waals surface area contributed by atoms with Crippen LogP contribution in [0.4, 0.5) is 5.69 Å². The summed E-state index contributed by atoms with van der Waals surface area (Å²) >= 11 is 0. The fourth-order valence-electron chi connectivity index (χ4n) is 5.24. The van der Waals surface area contributed by atoms with E-state index in [-0.39, 0.29) is 23.7 Å². The number of anilines is 1. The SMILES string of the molecule is Cc1ccccc1OC(=O)c1ccc(N2C(=O)[C@@H]3[C@H]4CC[C@@H](C4)[C@H]3C2=O)cc1. The third-order valence-electron chi connectivity index (χ3n) is 6.58. The molecule has 1 heterocycles. The Kier molecular flexibility index (Phi) is 3.86. The summed E-state index contributed by atoms with van der Waals surface area (Å²) in [5.74, 6) is 0.350. The van der Waals surface area contributed by atoms with E-state index < -0.39 is 5.97 Å². The number of rotatable bonds is 3. The van der Waals surface area contributed by atoms with Crippen LogP contribution in [0.25, 0.3) is 0 Å². The molecule has 0 radical (unpaired) electrons. The van der Waals surface area contributed by atoms with Gasteiger partial charge in [0, 0.05) is 0 Å². The quantitative estimate of drug-likeness (QED) is 0.466. The van der Waals surface area contributed by atoms with Gasteiger partial charge in [-0.3, -0.25) is 14.5 Å². The standard InChI is InChI=1S/C23H21NO4/c1-13-4-2-3-5-18(13)28-23(27)14-8-10-17(11-9-14)24-21(25)19-15-6-7-16(12-15)20(19)22(24)26/h2-5,8-11,15-16,19-20H,6-7,12H2,1H3/t15-,16-,19+,20+/m0/s1. The Labute approximate surface area is 163 Å². The zero-order valence-corrected chi connectivity index (χ0v) is 15.6. The fraction of sp³-hybridized carbons (Fsp3) is 0.348. The average Bonchev–Trinajstić information content (AvgIpc) is 3.38. The van der Waals surface area contributed by atoms with E-state index in [4.69, 9.17) is 4.74 Å². The Morgan fingerprint density at radius 3 is 2.14 bits per heavy atom. The van der Waals surface area contributed by atoms with Crippen molar-refractivity contribution in [3.05, 3.63) is 59.7 Å². The van der Waals surface area contributed by atoms with Gasteiger partial charge in [-0.1, -0.05) is 18.2 Å². The molecule has 2 aliphatic carbocycles. The van der Waals surface area contributed by atoms with E-state index in [2.05, 4.69) is 0 Å². The number of amides is 2. The predicted molar refractivity (Wildman–Crippen MR) is 103 cm³/mol. The molecule has 142 valence electrons. The summed E-state index contributed by atoms with van der Waals surface area (Å²) in [5.41, 5.74) is 1.80. The first-order valence-electron chi connectivity index (χ1n) is 9.80. The van der Waals surface area contributed by atoms with Crippen LogP contribution in [0, 0.1) is 30.6 Å². The summed E-state index contributed by atoms with van der Waals surface area (Å²) < 4.78 is 5.45. The minimum Gasteiger partial charge on any atom is -0.423 e. The molecule has 0 aromatic heterocycles. The van der Waals surface area contributed by atoms with Crippen molar-refractivity contribution in [3.63, 3.8) is 0 Å². The van der Waals surface area contributed by atoms with Crippen LogP contribution in [0.2, 0.25) is 0 Å². The number of nitrogens with zero attached hydrogens (tertiary/aromatic N) is 1. The first-order valence-corrected chi connectivity index (χ1v) is 9.80. The Balaban J connectivity index is 1.36. The Bertz CT molecular complexity index is 952. The fourth-order valence-corrected chi connectivity index (χ4v) is 5.24. The molecule has 0 unspecified atom stereocenters. The minimum atomic E-state index is -0.463. The maximum absolute atomic E-state index is 12.9. The van der Waals surface area contributed by atoms with Crippen molar-refractivity contribution in [2.45, 2.75) is 26.2 Å². The molecule has 28 heavy (non-hydrogen) atoms. The summed E-state index contributed by atoms with van der Waals surface area (Å²) in [6, 6.07) is 13.9. The van der Waals surface area contributed by atoms with Gasteiger partial charge in [-0.15, -0.1) is 0 Å². The Morgan fingerprint density at radius 1 is 0.929 bits per heavy atom. The van der Waals surface area contributed by atoms with Gasteiger partial charge in [-0.25, -0.2) is 4.79 Å². The van der Waals surface area contributed by atoms with Crippen LogP contribution >= 0.6 is 0 Å². The van der Waals surface area contributed by atoms with E-state index in [0.29, 0.717) is 28.8 Å². The van der Waals surface area contributed by atoms with Crippen LogP contribution in [-0.2, 0) is 9.59 Å². The van der Waals surface area contributed by atoms with Gasteiger partial charge in [0.15, 0.2) is 0 Å². The molecule has 2 saturated carbocycles. The second-order valence-corrected chi connectivity index (χ2v) is 8.10. The molecule has 5 heteroatoms. The highest BCUT2D eigenvalue weighted by Gasteiger charge is 2.61. The minimum absolute atomic E-state index is 0.0718. The number of carbonyl (C=O) groups is 3. The molecule has 2 aromatic carbocycles. The summed E-state index contributed by atoms with van der Waals surface area (Å²) in [6.45, 7) is 1.88. The monoisotopic (exact) mass is 375 g/mol. The van der Waals surface area contributed by atoms with Gasteiger partial charge < -0.3 is 4.74 Å². The van der Waals surface area contributed by atoms with Crippen molar-refractivity contribution in [2.75, 3.05) is 4.90 Å². The second kappa shape index (κ2) is 6.30. The predicted octanol–water partition coefficient (Wildman–Crippen LogP) is 3.75. The van der Waals surface area contributed by atoms with Crippen LogP contribution in [-0.4, -0.2) is 17.8 Å². The number of para-hydroxylation sites is 1. The molecular weight excluding hydrogens is 354 g/mol. The van der Waals surface area contributed by atoms with Gasteiger partial charge in [0.25, 0.3) is 0 Å². The molecule has 2 aromatic rings. The van der Waals surface area contributed by atoms with E-state index in [1.165, 1.54) is 4.90 Å². The zero-order valence-electron chi connectivity index (χ0n) is 15.6. The van der Waals surface area contributed by atoms with E-state index in [1.54, 1.807) is 30.3 Å². The molecule has 3 aliphatic rings. The van der Waals surface area contributed by atoms with E-state index >= 15 is 0 Å². The average molecular weight is 375 g/mol. The molecule has 1 saturated heterocycles. The van der Waals surface area contributed by atoms with Crippen LogP contribution < -0.4 is 9.64 Å². The number of aryl methyl sites for hydroxylation is 1. The number of hydrogen-bond acceptors (Lipinski definition) is 4. The summed E-state index contributed by atoms with van der Waals surface area (Å²) in [6.07, 6.45) is 3.13. The van der Waals surface area contributed by atoms with Gasteiger partial charge >= 0.3 is 5.97 Å². The van der Waals surface area contributed by atoms with Crippen molar-refractivity contribution in [2.24, 2.45) is 23.7 Å². The molecule has 4 atom stereocenters. The summed E-state index contributed by atoms with van der Waals surface area (Å²) in [7, 11) is 0. The van der Waals surface area contributed by atoms with Crippen molar-refractivity contribution >= 4 is 23.5 Å². The smallest absolute Gasteiger partial charge is 0.343 e. The van der Waals surface area contributed by atoms with Gasteiger partial charge in [0.2, 0.25) is 11.8 Å². The van der Waals surface area contributed by atoms with Crippen LogP contribution in [0.5, 0.6) is 5.75 Å². The van der Waals surface area contributed by atoms with Crippen molar-refractivity contribution in [1.29, 1.82) is 0 Å². The molecule has 5 nitrogen and oxygen atoms in total. The van der Waals surface area contributed by atoms with Crippen LogP contribution in [0.1, 0.15) is 35.2 Å². The zero-order chi connectivity index (χ0) is 19.4. The molecule has 3 fully saturated rings. The first-order chi connectivity index (χ1) is 13.5. The second-order valence-electron chi connectivity index (χ2n) is 8.10. The lowest BCUT2D eigenvalue weighted by atomic mass is 9.81. The lowest BCUT2D eigenvalue weighted by molar-refractivity contribution is -0.123. The summed E-state index contributed by atoms with van der Waals surface area (Å²) in [5, 5.41) is 0. The third kappa shape index (κ3) is 2.49. The molecule has 2 amide bonds. The third-order valence-corrected chi connectivity index (χ3v) is 6.58. The van der Waals surface area contributed by atoms with E-state index in [9.17, 15) is 14.4 Å². The summed E-state index contributed by atoms with van der Waals surface area (Å²) in [4.78, 5) is 39.5. The number of benzene rings is 2. The number of esters is 1. The highest BCUT2D eigenvalue weighted by atomic mass is 16.5. The number of carbonyl (C=O) groups excluding carboxylic acids is 3. The maximum Gasteiger partial charge on any atom is 0.343 e. The van der Waals surface area contributed by atoms with E-state index in [1.807, 2.05) is 25.1 Å². The number of imide groups is 1. The van der Waals surface area contributed by atoms with Crippen molar-refractivity contribution in [3.8, 4) is 5.75 Å². The highest BCUT2D eigenvalue weighted by molar-refractivity contribution is 6.22. The van der Waals surface area contributed by atoms with Crippen molar-refractivity contribution in [1.82, 2.24) is 0 Å². The normalized spacial score (nSPS) is 28.0. The van der Waals surface area contributed by atoms with E-state index in [0.717, 1.165) is 24.8 Å². The lowest BCUT2D eigenvalue weighted by Gasteiger charge is -2.19. The lowest BCUT2D eigenvalue weighted by Crippen LogP contribution is -2.32. The Hall–Kier alpha value is -2.95. The number of fused-ring (bicyclic) bond motifs is 5. The molecule has 2 bridgehead atoms. The van der Waals surface area contributed by atoms with Crippen LogP contribution in [0.15, 0.2) is 48.5 Å². The van der Waals surface area contributed by atoms with Gasteiger partial charge in [0.05, 0.1) is 23.1 Å². The molecule has 0 N–H and O–H groups in total. The van der Waals surface area contributed by atoms with Gasteiger partial charge in [-0.2, -0.15) is 0 Å². The number of ether oxygens (including phenoxy) is 1. The Morgan fingerprint density at radius 2 is 1.54 bits per heavy atom. The van der Waals surface area contributed by atoms with Gasteiger partial charge in [0.1, 0.15) is 5.75 Å². The first kappa shape index (κ1) is 17.2. The van der Waals surface area contributed by atoms with Crippen LogP contribution in [0.3, 0.4) is 0 Å².